The number of ether oxygens (including phenoxy) is 1. The fraction of sp³-hybridized carbons (Fsp3) is 0.227. The maximum atomic E-state index is 12.9. The Kier molecular flexibility index (Phi) is 3.88. The Hall–Kier alpha value is -2.92. The first-order valence-electron chi connectivity index (χ1n) is 9.17. The molecule has 2 aromatic carbocycles. The van der Waals surface area contributed by atoms with Crippen molar-refractivity contribution in [2.75, 3.05) is 4.90 Å². The highest BCUT2D eigenvalue weighted by Crippen LogP contribution is 2.53. The van der Waals surface area contributed by atoms with Crippen LogP contribution in [0.4, 0.5) is 5.69 Å². The van der Waals surface area contributed by atoms with Crippen LogP contribution in [0.15, 0.2) is 60.7 Å². The third-order valence-corrected chi connectivity index (χ3v) is 6.09. The second-order valence-electron chi connectivity index (χ2n) is 7.41. The van der Waals surface area contributed by atoms with Crippen molar-refractivity contribution in [3.05, 3.63) is 71.3 Å². The van der Waals surface area contributed by atoms with Gasteiger partial charge in [-0.15, -0.1) is 0 Å². The lowest BCUT2D eigenvalue weighted by Crippen LogP contribution is -2.33. The van der Waals surface area contributed by atoms with E-state index in [0.29, 0.717) is 16.5 Å². The number of hydrogen-bond acceptors (Lipinski definition) is 4. The summed E-state index contributed by atoms with van der Waals surface area (Å²) in [7, 11) is 0. The van der Waals surface area contributed by atoms with E-state index in [1.54, 1.807) is 42.5 Å². The molecule has 4 atom stereocenters. The normalized spacial score (nSPS) is 27.4. The van der Waals surface area contributed by atoms with Crippen molar-refractivity contribution >= 4 is 35.1 Å². The molecule has 0 unspecified atom stereocenters. The number of halogens is 1. The SMILES string of the molecule is O=C(Oc1ccc(Cl)cc1)c1cccc(N2C(=O)[C@@H]3[C@H](C2=O)[C@@H]2C=C[C@H]3C2)c1. The Labute approximate surface area is 166 Å². The van der Waals surface area contributed by atoms with Crippen molar-refractivity contribution in [3.8, 4) is 5.75 Å². The zero-order chi connectivity index (χ0) is 19.4. The fourth-order valence-corrected chi connectivity index (χ4v) is 4.72. The lowest BCUT2D eigenvalue weighted by molar-refractivity contribution is -0.123. The maximum absolute atomic E-state index is 12.9. The Morgan fingerprint density at radius 1 is 0.964 bits per heavy atom. The van der Waals surface area contributed by atoms with Gasteiger partial charge in [0.05, 0.1) is 23.1 Å². The van der Waals surface area contributed by atoms with Gasteiger partial charge in [0, 0.05) is 5.02 Å². The average Bonchev–Trinajstić information content (AvgIpc) is 3.37. The minimum atomic E-state index is -0.565. The summed E-state index contributed by atoms with van der Waals surface area (Å²) in [6.45, 7) is 0. The first kappa shape index (κ1) is 17.2. The number of imide groups is 1. The Balaban J connectivity index is 1.40. The first-order valence-corrected chi connectivity index (χ1v) is 9.54. The molecule has 28 heavy (non-hydrogen) atoms. The molecule has 2 amide bonds. The molecular formula is C22H16ClNO4. The van der Waals surface area contributed by atoms with Crippen molar-refractivity contribution in [1.82, 2.24) is 0 Å². The van der Waals surface area contributed by atoms with E-state index in [4.69, 9.17) is 16.3 Å². The molecule has 140 valence electrons. The Morgan fingerprint density at radius 3 is 2.25 bits per heavy atom. The zero-order valence-electron chi connectivity index (χ0n) is 14.7. The van der Waals surface area contributed by atoms with Gasteiger partial charge in [-0.05, 0) is 60.7 Å². The highest BCUT2D eigenvalue weighted by Gasteiger charge is 2.59. The number of allylic oxidation sites excluding steroid dienone is 2. The summed E-state index contributed by atoms with van der Waals surface area (Å²) in [5.74, 6) is -0.788. The number of benzene rings is 2. The van der Waals surface area contributed by atoms with Gasteiger partial charge >= 0.3 is 5.97 Å². The molecule has 1 saturated heterocycles. The van der Waals surface area contributed by atoms with E-state index < -0.39 is 5.97 Å². The number of anilines is 1. The maximum Gasteiger partial charge on any atom is 0.343 e. The molecule has 2 bridgehead atoms. The summed E-state index contributed by atoms with van der Waals surface area (Å²) in [5, 5.41) is 0.543. The van der Waals surface area contributed by atoms with Crippen LogP contribution in [0.5, 0.6) is 5.75 Å². The molecule has 1 heterocycles. The van der Waals surface area contributed by atoms with Crippen LogP contribution in [-0.2, 0) is 9.59 Å². The van der Waals surface area contributed by atoms with E-state index in [-0.39, 0.29) is 41.0 Å². The van der Waals surface area contributed by atoms with Crippen LogP contribution in [0.3, 0.4) is 0 Å². The van der Waals surface area contributed by atoms with E-state index >= 15 is 0 Å². The summed E-state index contributed by atoms with van der Waals surface area (Å²) in [6, 6.07) is 12.9. The van der Waals surface area contributed by atoms with Crippen LogP contribution in [0, 0.1) is 23.7 Å². The Morgan fingerprint density at radius 2 is 1.61 bits per heavy atom. The van der Waals surface area contributed by atoms with Crippen molar-refractivity contribution in [2.45, 2.75) is 6.42 Å². The Bertz CT molecular complexity index is 999. The quantitative estimate of drug-likeness (QED) is 0.343. The monoisotopic (exact) mass is 393 g/mol. The lowest BCUT2D eigenvalue weighted by Gasteiger charge is -2.18. The van der Waals surface area contributed by atoms with Crippen molar-refractivity contribution in [1.29, 1.82) is 0 Å². The van der Waals surface area contributed by atoms with Gasteiger partial charge in [0.1, 0.15) is 5.75 Å². The number of fused-ring (bicyclic) bond motifs is 5. The molecule has 0 spiro atoms. The average molecular weight is 394 g/mol. The van der Waals surface area contributed by atoms with E-state index in [1.165, 1.54) is 11.0 Å². The largest absolute Gasteiger partial charge is 0.423 e. The third-order valence-electron chi connectivity index (χ3n) is 5.83. The van der Waals surface area contributed by atoms with Gasteiger partial charge in [-0.2, -0.15) is 0 Å². The molecule has 0 N–H and O–H groups in total. The fourth-order valence-electron chi connectivity index (χ4n) is 4.60. The minimum absolute atomic E-state index is 0.148. The summed E-state index contributed by atoms with van der Waals surface area (Å²) in [4.78, 5) is 39.6. The third kappa shape index (κ3) is 2.58. The number of hydrogen-bond donors (Lipinski definition) is 0. The minimum Gasteiger partial charge on any atom is -0.423 e. The predicted molar refractivity (Wildman–Crippen MR) is 103 cm³/mol. The van der Waals surface area contributed by atoms with Gasteiger partial charge < -0.3 is 4.74 Å². The number of amides is 2. The van der Waals surface area contributed by atoms with Crippen LogP contribution < -0.4 is 9.64 Å². The van der Waals surface area contributed by atoms with Crippen molar-refractivity contribution in [3.63, 3.8) is 0 Å². The summed E-state index contributed by atoms with van der Waals surface area (Å²) in [5.41, 5.74) is 0.681. The van der Waals surface area contributed by atoms with Gasteiger partial charge in [0.2, 0.25) is 11.8 Å². The van der Waals surface area contributed by atoms with Crippen LogP contribution in [-0.4, -0.2) is 17.8 Å². The second-order valence-corrected chi connectivity index (χ2v) is 7.84. The van der Waals surface area contributed by atoms with Crippen molar-refractivity contribution in [2.24, 2.45) is 23.7 Å². The molecule has 2 aliphatic carbocycles. The van der Waals surface area contributed by atoms with Gasteiger partial charge in [0.25, 0.3) is 0 Å². The molecule has 6 heteroatoms. The van der Waals surface area contributed by atoms with Gasteiger partial charge in [-0.1, -0.05) is 29.8 Å². The summed E-state index contributed by atoms with van der Waals surface area (Å²) < 4.78 is 5.35. The molecule has 2 aromatic rings. The zero-order valence-corrected chi connectivity index (χ0v) is 15.5. The summed E-state index contributed by atoms with van der Waals surface area (Å²) in [6.07, 6.45) is 4.99. The van der Waals surface area contributed by atoms with Crippen LogP contribution in [0.25, 0.3) is 0 Å². The smallest absolute Gasteiger partial charge is 0.343 e. The molecule has 5 nitrogen and oxygen atoms in total. The lowest BCUT2D eigenvalue weighted by atomic mass is 9.85. The molecule has 5 rings (SSSR count). The van der Waals surface area contributed by atoms with E-state index in [9.17, 15) is 14.4 Å². The topological polar surface area (TPSA) is 63.7 Å². The summed E-state index contributed by atoms with van der Waals surface area (Å²) >= 11 is 5.84. The molecule has 1 aliphatic heterocycles. The van der Waals surface area contributed by atoms with E-state index in [2.05, 4.69) is 12.2 Å². The van der Waals surface area contributed by atoms with Gasteiger partial charge in [-0.25, -0.2) is 9.69 Å². The number of esters is 1. The molecule has 1 saturated carbocycles. The molecule has 0 aromatic heterocycles. The molecular weight excluding hydrogens is 378 g/mol. The highest BCUT2D eigenvalue weighted by atomic mass is 35.5. The van der Waals surface area contributed by atoms with Gasteiger partial charge in [0.15, 0.2) is 0 Å². The van der Waals surface area contributed by atoms with Crippen LogP contribution >= 0.6 is 11.6 Å². The molecule has 2 fully saturated rings. The number of rotatable bonds is 3. The number of carbonyl (C=O) groups is 3. The number of nitrogens with zero attached hydrogens (tertiary/aromatic N) is 1. The first-order chi connectivity index (χ1) is 13.5. The van der Waals surface area contributed by atoms with Crippen LogP contribution in [0.2, 0.25) is 5.02 Å². The van der Waals surface area contributed by atoms with Crippen molar-refractivity contribution < 1.29 is 19.1 Å². The van der Waals surface area contributed by atoms with Gasteiger partial charge in [-0.3, -0.25) is 9.59 Å². The highest BCUT2D eigenvalue weighted by molar-refractivity contribution is 6.30. The van der Waals surface area contributed by atoms with E-state index in [1.807, 2.05) is 0 Å². The molecule has 0 radical (unpaired) electrons. The molecule has 3 aliphatic rings. The van der Waals surface area contributed by atoms with Crippen LogP contribution in [0.1, 0.15) is 16.8 Å². The van der Waals surface area contributed by atoms with E-state index in [0.717, 1.165) is 6.42 Å². The number of carbonyl (C=O) groups excluding carboxylic acids is 3. The predicted octanol–water partition coefficient (Wildman–Crippen LogP) is 3.87. The standard InChI is InChI=1S/C22H16ClNO4/c23-15-6-8-17(9-7-15)28-22(27)14-2-1-3-16(11-14)24-20(25)18-12-4-5-13(10-12)19(18)21(24)26/h1-9,11-13,18-19H,10H2/t12-,13+,18-,19+. The second kappa shape index (κ2) is 6.31.